The van der Waals surface area contributed by atoms with Crippen LogP contribution in [0, 0.1) is 29.6 Å². The van der Waals surface area contributed by atoms with E-state index in [1.165, 1.54) is 6.92 Å². The molecule has 3 heteroatoms. The van der Waals surface area contributed by atoms with Crippen molar-refractivity contribution >= 4 is 11.8 Å². The minimum atomic E-state index is -0.228. The lowest BCUT2D eigenvalue weighted by Gasteiger charge is -2.12. The van der Waals surface area contributed by atoms with Gasteiger partial charge in [0.15, 0.2) is 0 Å². The number of ether oxygens (including phenoxy) is 1. The quantitative estimate of drug-likeness (QED) is 0.585. The number of Topliss-reactive ketones (excluding diaryl/α,β-unsaturated/α-hetero) is 1. The normalized spacial score (nSPS) is 49.6. The Labute approximate surface area is 76.4 Å². The summed E-state index contributed by atoms with van der Waals surface area (Å²) in [5.41, 5.74) is 0. The number of hydrogen-bond donors (Lipinski definition) is 0. The first-order valence-corrected chi connectivity index (χ1v) is 4.87. The number of carbonyl (C=O) groups excluding carboxylic acids is 2. The highest BCUT2D eigenvalue weighted by Gasteiger charge is 2.73. The van der Waals surface area contributed by atoms with Gasteiger partial charge in [0.2, 0.25) is 0 Å². The number of ketones is 1. The van der Waals surface area contributed by atoms with Crippen molar-refractivity contribution in [3.63, 3.8) is 0 Å². The summed E-state index contributed by atoms with van der Waals surface area (Å²) in [6.07, 6.45) is 1.07. The highest BCUT2D eigenvalue weighted by molar-refractivity contribution is 5.93. The number of esters is 1. The van der Waals surface area contributed by atoms with E-state index in [-0.39, 0.29) is 11.9 Å². The van der Waals surface area contributed by atoms with Gasteiger partial charge in [-0.1, -0.05) is 0 Å². The second-order valence-electron chi connectivity index (χ2n) is 4.48. The molecule has 4 aliphatic carbocycles. The van der Waals surface area contributed by atoms with Crippen LogP contribution in [0.2, 0.25) is 0 Å². The van der Waals surface area contributed by atoms with E-state index in [2.05, 4.69) is 0 Å². The second-order valence-corrected chi connectivity index (χ2v) is 4.48. The van der Waals surface area contributed by atoms with E-state index in [0.29, 0.717) is 36.1 Å². The molecule has 0 saturated heterocycles. The molecule has 0 N–H and O–H groups in total. The maximum absolute atomic E-state index is 11.5. The molecule has 4 aliphatic rings. The van der Waals surface area contributed by atoms with E-state index < -0.39 is 0 Å². The van der Waals surface area contributed by atoms with Crippen LogP contribution in [0.4, 0.5) is 0 Å². The van der Waals surface area contributed by atoms with Crippen molar-refractivity contribution in [3.8, 4) is 0 Å². The van der Waals surface area contributed by atoms with E-state index in [9.17, 15) is 9.59 Å². The first-order chi connectivity index (χ1) is 6.20. The third-order valence-corrected chi connectivity index (χ3v) is 3.94. The summed E-state index contributed by atoms with van der Waals surface area (Å²) in [5, 5.41) is 0. The van der Waals surface area contributed by atoms with Gasteiger partial charge in [0, 0.05) is 24.7 Å². The first kappa shape index (κ1) is 7.54. The molecule has 4 saturated carbocycles. The summed E-state index contributed by atoms with van der Waals surface area (Å²) in [6, 6.07) is 0. The molecule has 0 aliphatic heterocycles. The molecule has 0 radical (unpaired) electrons. The molecule has 5 atom stereocenters. The Morgan fingerprint density at radius 2 is 2.38 bits per heavy atom. The Bertz CT molecular complexity index is 297. The highest BCUT2D eigenvalue weighted by Crippen LogP contribution is 2.71. The summed E-state index contributed by atoms with van der Waals surface area (Å²) in [4.78, 5) is 22.1. The van der Waals surface area contributed by atoms with E-state index >= 15 is 0 Å². The largest absolute Gasteiger partial charge is 0.466 e. The van der Waals surface area contributed by atoms with Crippen LogP contribution in [-0.4, -0.2) is 18.4 Å². The molecular formula is C10H12O3. The molecule has 0 aromatic heterocycles. The Hall–Kier alpha value is -0.860. The maximum Gasteiger partial charge on any atom is 0.302 e. The van der Waals surface area contributed by atoms with Gasteiger partial charge in [-0.05, 0) is 18.3 Å². The van der Waals surface area contributed by atoms with Crippen LogP contribution in [0.25, 0.3) is 0 Å². The summed E-state index contributed by atoms with van der Waals surface area (Å²) < 4.78 is 4.98. The fourth-order valence-electron chi connectivity index (χ4n) is 3.44. The molecule has 13 heavy (non-hydrogen) atoms. The van der Waals surface area contributed by atoms with Gasteiger partial charge in [-0.2, -0.15) is 0 Å². The van der Waals surface area contributed by atoms with Crippen molar-refractivity contribution in [2.45, 2.75) is 13.3 Å². The van der Waals surface area contributed by atoms with Crippen LogP contribution in [0.3, 0.4) is 0 Å². The van der Waals surface area contributed by atoms with E-state index in [1.54, 1.807) is 0 Å². The highest BCUT2D eigenvalue weighted by atomic mass is 16.5. The second kappa shape index (κ2) is 2.14. The van der Waals surface area contributed by atoms with Gasteiger partial charge in [-0.3, -0.25) is 9.59 Å². The van der Waals surface area contributed by atoms with Crippen LogP contribution in [0.15, 0.2) is 0 Å². The Kier molecular flexibility index (Phi) is 1.24. The monoisotopic (exact) mass is 180 g/mol. The average molecular weight is 180 g/mol. The lowest BCUT2D eigenvalue weighted by Crippen LogP contribution is -2.18. The van der Waals surface area contributed by atoms with Crippen LogP contribution < -0.4 is 0 Å². The molecule has 0 aromatic rings. The van der Waals surface area contributed by atoms with Crippen molar-refractivity contribution < 1.29 is 14.3 Å². The van der Waals surface area contributed by atoms with Gasteiger partial charge in [0.25, 0.3) is 0 Å². The molecular weight excluding hydrogens is 168 g/mol. The van der Waals surface area contributed by atoms with Crippen LogP contribution in [0.1, 0.15) is 13.3 Å². The molecule has 4 bridgehead atoms. The van der Waals surface area contributed by atoms with Gasteiger partial charge < -0.3 is 4.74 Å². The van der Waals surface area contributed by atoms with Crippen LogP contribution >= 0.6 is 0 Å². The SMILES string of the molecule is CC(=O)OC[C@H]1[C@H]2[C@H]3C[C@H]1C(=O)[C@H]32. The zero-order chi connectivity index (χ0) is 9.16. The molecule has 0 unspecified atom stereocenters. The topological polar surface area (TPSA) is 43.4 Å². The van der Waals surface area contributed by atoms with Crippen molar-refractivity contribution in [3.05, 3.63) is 0 Å². The van der Waals surface area contributed by atoms with Gasteiger partial charge in [-0.15, -0.1) is 0 Å². The van der Waals surface area contributed by atoms with Crippen molar-refractivity contribution in [1.29, 1.82) is 0 Å². The minimum Gasteiger partial charge on any atom is -0.466 e. The minimum absolute atomic E-state index is 0.228. The van der Waals surface area contributed by atoms with Gasteiger partial charge in [0.05, 0.1) is 6.61 Å². The van der Waals surface area contributed by atoms with Gasteiger partial charge in [0.1, 0.15) is 5.78 Å². The molecule has 0 aromatic carbocycles. The summed E-state index contributed by atoms with van der Waals surface area (Å²) in [5.74, 6) is 2.44. The number of rotatable bonds is 2. The van der Waals surface area contributed by atoms with E-state index in [1.807, 2.05) is 0 Å². The van der Waals surface area contributed by atoms with Crippen molar-refractivity contribution in [2.75, 3.05) is 6.61 Å². The lowest BCUT2D eigenvalue weighted by atomic mass is 9.99. The molecule has 0 heterocycles. The molecule has 4 rings (SSSR count). The predicted octanol–water partition coefficient (Wildman–Crippen LogP) is 0.631. The maximum atomic E-state index is 11.5. The third-order valence-electron chi connectivity index (χ3n) is 3.94. The predicted molar refractivity (Wildman–Crippen MR) is 43.7 cm³/mol. The van der Waals surface area contributed by atoms with E-state index in [4.69, 9.17) is 4.74 Å². The van der Waals surface area contributed by atoms with E-state index in [0.717, 1.165) is 6.42 Å². The molecule has 4 fully saturated rings. The van der Waals surface area contributed by atoms with Crippen molar-refractivity contribution in [1.82, 2.24) is 0 Å². The summed E-state index contributed by atoms with van der Waals surface area (Å²) >= 11 is 0. The van der Waals surface area contributed by atoms with Crippen LogP contribution in [0.5, 0.6) is 0 Å². The molecule has 0 amide bonds. The molecule has 0 spiro atoms. The number of hydrogen-bond acceptors (Lipinski definition) is 3. The van der Waals surface area contributed by atoms with Crippen LogP contribution in [-0.2, 0) is 14.3 Å². The summed E-state index contributed by atoms with van der Waals surface area (Å²) in [7, 11) is 0. The lowest BCUT2D eigenvalue weighted by molar-refractivity contribution is -0.143. The Morgan fingerprint density at radius 3 is 2.77 bits per heavy atom. The number of carbonyl (C=O) groups is 2. The summed E-state index contributed by atoms with van der Waals surface area (Å²) in [6.45, 7) is 1.90. The first-order valence-electron chi connectivity index (χ1n) is 4.87. The fraction of sp³-hybridized carbons (Fsp3) is 0.800. The zero-order valence-electron chi connectivity index (χ0n) is 7.53. The van der Waals surface area contributed by atoms with Gasteiger partial charge >= 0.3 is 5.97 Å². The Balaban J connectivity index is 1.69. The van der Waals surface area contributed by atoms with Gasteiger partial charge in [-0.25, -0.2) is 0 Å². The smallest absolute Gasteiger partial charge is 0.302 e. The van der Waals surface area contributed by atoms with Crippen molar-refractivity contribution in [2.24, 2.45) is 29.6 Å². The standard InChI is InChI=1S/C10H12O3/c1-4(11)13-3-7-5-2-6-8(7)9(6)10(5)12/h5-9H,2-3H2,1H3/t5-,6-,7-,8-,9-/m1/s1. The third kappa shape index (κ3) is 0.798. The Morgan fingerprint density at radius 1 is 1.62 bits per heavy atom. The molecule has 3 nitrogen and oxygen atoms in total. The zero-order valence-corrected chi connectivity index (χ0v) is 7.53. The molecule has 70 valence electrons. The average Bonchev–Trinajstić information content (AvgIpc) is 2.36. The fourth-order valence-corrected chi connectivity index (χ4v) is 3.44.